The van der Waals surface area contributed by atoms with Crippen LogP contribution in [0.25, 0.3) is 0 Å². The summed E-state index contributed by atoms with van der Waals surface area (Å²) in [6, 6.07) is 7.38. The Morgan fingerprint density at radius 3 is 2.57 bits per heavy atom. The third-order valence-corrected chi connectivity index (χ3v) is 2.66. The fourth-order valence-electron chi connectivity index (χ4n) is 1.59. The number of alkyl halides is 3. The zero-order valence-corrected chi connectivity index (χ0v) is 10.8. The molecule has 110 valence electrons. The minimum Gasteiger partial charge on any atom is -0.478 e. The maximum Gasteiger partial charge on any atom is 0.433 e. The molecule has 21 heavy (non-hydrogen) atoms. The van der Waals surface area contributed by atoms with Crippen LogP contribution in [0.3, 0.4) is 0 Å². The van der Waals surface area contributed by atoms with E-state index in [1.165, 1.54) is 30.3 Å². The lowest BCUT2D eigenvalue weighted by Crippen LogP contribution is -2.08. The first-order valence-corrected chi connectivity index (χ1v) is 5.83. The van der Waals surface area contributed by atoms with Crippen LogP contribution in [0.1, 0.15) is 21.6 Å². The average Bonchev–Trinajstić information content (AvgIpc) is 2.40. The fourth-order valence-corrected chi connectivity index (χ4v) is 1.59. The van der Waals surface area contributed by atoms with Crippen molar-refractivity contribution in [2.45, 2.75) is 13.1 Å². The number of rotatable bonds is 3. The highest BCUT2D eigenvalue weighted by molar-refractivity contribution is 5.88. The first-order chi connectivity index (χ1) is 9.77. The maximum absolute atomic E-state index is 12.6. The Hall–Kier alpha value is -2.57. The standard InChI is InChI=1S/C14H10F3NO3/c1-8-5-6-9(13(19)20)7-10(8)21-12-4-2-3-11(18-12)14(15,16)17/h2-7H,1H3,(H,19,20). The van der Waals surface area contributed by atoms with Crippen molar-refractivity contribution in [3.8, 4) is 11.6 Å². The summed E-state index contributed by atoms with van der Waals surface area (Å²) in [5, 5.41) is 8.90. The Bertz CT molecular complexity index is 683. The van der Waals surface area contributed by atoms with Gasteiger partial charge in [0, 0.05) is 6.07 Å². The summed E-state index contributed by atoms with van der Waals surface area (Å²) in [5.41, 5.74) is -0.520. The van der Waals surface area contributed by atoms with Crippen LogP contribution in [0.5, 0.6) is 11.6 Å². The Kier molecular flexibility index (Phi) is 3.84. The molecule has 0 amide bonds. The van der Waals surface area contributed by atoms with Gasteiger partial charge in [0.05, 0.1) is 5.56 Å². The fraction of sp³-hybridized carbons (Fsp3) is 0.143. The quantitative estimate of drug-likeness (QED) is 0.933. The second-order valence-electron chi connectivity index (χ2n) is 4.25. The summed E-state index contributed by atoms with van der Waals surface area (Å²) in [4.78, 5) is 14.2. The number of hydrogen-bond donors (Lipinski definition) is 1. The van der Waals surface area contributed by atoms with Gasteiger partial charge >= 0.3 is 12.1 Å². The molecule has 0 bridgehead atoms. The number of aromatic nitrogens is 1. The van der Waals surface area contributed by atoms with E-state index in [2.05, 4.69) is 4.98 Å². The van der Waals surface area contributed by atoms with Crippen LogP contribution < -0.4 is 4.74 Å². The summed E-state index contributed by atoms with van der Waals surface area (Å²) < 4.78 is 42.9. The highest BCUT2D eigenvalue weighted by Crippen LogP contribution is 2.30. The molecule has 0 fully saturated rings. The van der Waals surface area contributed by atoms with Gasteiger partial charge in [-0.2, -0.15) is 13.2 Å². The smallest absolute Gasteiger partial charge is 0.433 e. The van der Waals surface area contributed by atoms with Crippen LogP contribution in [0.15, 0.2) is 36.4 Å². The highest BCUT2D eigenvalue weighted by atomic mass is 19.4. The monoisotopic (exact) mass is 297 g/mol. The number of nitrogens with zero attached hydrogens (tertiary/aromatic N) is 1. The lowest BCUT2D eigenvalue weighted by molar-refractivity contribution is -0.141. The zero-order chi connectivity index (χ0) is 15.6. The van der Waals surface area contributed by atoms with Gasteiger partial charge < -0.3 is 9.84 Å². The summed E-state index contributed by atoms with van der Waals surface area (Å²) in [6.45, 7) is 1.65. The molecule has 0 radical (unpaired) electrons. The molecule has 2 rings (SSSR count). The largest absolute Gasteiger partial charge is 0.478 e. The second-order valence-corrected chi connectivity index (χ2v) is 4.25. The molecule has 0 atom stereocenters. The van der Waals surface area contributed by atoms with Crippen LogP contribution in [0, 0.1) is 6.92 Å². The van der Waals surface area contributed by atoms with Crippen molar-refractivity contribution in [3.63, 3.8) is 0 Å². The van der Waals surface area contributed by atoms with Crippen molar-refractivity contribution in [2.24, 2.45) is 0 Å². The molecular weight excluding hydrogens is 287 g/mol. The molecule has 0 aliphatic heterocycles. The molecule has 0 unspecified atom stereocenters. The topological polar surface area (TPSA) is 59.4 Å². The summed E-state index contributed by atoms with van der Waals surface area (Å²) in [6.07, 6.45) is -4.57. The Morgan fingerprint density at radius 2 is 1.95 bits per heavy atom. The number of aromatic carboxylic acids is 1. The van der Waals surface area contributed by atoms with Crippen molar-refractivity contribution >= 4 is 5.97 Å². The molecule has 1 heterocycles. The van der Waals surface area contributed by atoms with E-state index in [9.17, 15) is 18.0 Å². The molecular formula is C14H10F3NO3. The maximum atomic E-state index is 12.6. The van der Waals surface area contributed by atoms with Crippen molar-refractivity contribution < 1.29 is 27.8 Å². The number of pyridine rings is 1. The van der Waals surface area contributed by atoms with Gasteiger partial charge in [0.25, 0.3) is 0 Å². The Labute approximate surface area is 117 Å². The van der Waals surface area contributed by atoms with E-state index in [1.54, 1.807) is 6.92 Å². The molecule has 4 nitrogen and oxygen atoms in total. The SMILES string of the molecule is Cc1ccc(C(=O)O)cc1Oc1cccc(C(F)(F)F)n1. The molecule has 0 aliphatic rings. The van der Waals surface area contributed by atoms with Crippen LogP contribution in [0.4, 0.5) is 13.2 Å². The minimum atomic E-state index is -4.57. The van der Waals surface area contributed by atoms with Crippen molar-refractivity contribution in [1.29, 1.82) is 0 Å². The molecule has 0 spiro atoms. The molecule has 1 aromatic carbocycles. The normalized spacial score (nSPS) is 11.2. The first kappa shape index (κ1) is 14.8. The summed E-state index contributed by atoms with van der Waals surface area (Å²) >= 11 is 0. The molecule has 7 heteroatoms. The predicted molar refractivity (Wildman–Crippen MR) is 67.5 cm³/mol. The van der Waals surface area contributed by atoms with Crippen LogP contribution in [-0.4, -0.2) is 16.1 Å². The van der Waals surface area contributed by atoms with Crippen molar-refractivity contribution in [1.82, 2.24) is 4.98 Å². The van der Waals surface area contributed by atoms with Gasteiger partial charge in [-0.1, -0.05) is 12.1 Å². The van der Waals surface area contributed by atoms with E-state index in [4.69, 9.17) is 9.84 Å². The number of ether oxygens (including phenoxy) is 1. The molecule has 1 N–H and O–H groups in total. The van der Waals surface area contributed by atoms with Crippen LogP contribution in [-0.2, 0) is 6.18 Å². The van der Waals surface area contributed by atoms with E-state index < -0.39 is 17.8 Å². The molecule has 0 aliphatic carbocycles. The zero-order valence-electron chi connectivity index (χ0n) is 10.8. The molecule has 0 saturated carbocycles. The molecule has 0 saturated heterocycles. The second kappa shape index (κ2) is 5.43. The third-order valence-electron chi connectivity index (χ3n) is 2.66. The summed E-state index contributed by atoms with van der Waals surface area (Å²) in [5.74, 6) is -1.27. The number of carbonyl (C=O) groups is 1. The average molecular weight is 297 g/mol. The molecule has 1 aromatic heterocycles. The van der Waals surface area contributed by atoms with Gasteiger partial charge in [-0.25, -0.2) is 9.78 Å². The van der Waals surface area contributed by atoms with E-state index in [-0.39, 0.29) is 17.2 Å². The number of carboxylic acid groups (broad SMARTS) is 1. The highest BCUT2D eigenvalue weighted by Gasteiger charge is 2.32. The Morgan fingerprint density at radius 1 is 1.24 bits per heavy atom. The van der Waals surface area contributed by atoms with E-state index in [1.807, 2.05) is 0 Å². The van der Waals surface area contributed by atoms with Crippen LogP contribution in [0.2, 0.25) is 0 Å². The number of halogens is 3. The van der Waals surface area contributed by atoms with E-state index in [0.717, 1.165) is 6.07 Å². The van der Waals surface area contributed by atoms with Gasteiger partial charge in [-0.3, -0.25) is 0 Å². The summed E-state index contributed by atoms with van der Waals surface area (Å²) in [7, 11) is 0. The number of hydrogen-bond acceptors (Lipinski definition) is 3. The predicted octanol–water partition coefficient (Wildman–Crippen LogP) is 3.90. The number of carboxylic acids is 1. The number of aryl methyl sites for hydroxylation is 1. The van der Waals surface area contributed by atoms with E-state index >= 15 is 0 Å². The van der Waals surface area contributed by atoms with Gasteiger partial charge in [-0.15, -0.1) is 0 Å². The van der Waals surface area contributed by atoms with Crippen molar-refractivity contribution in [3.05, 3.63) is 53.2 Å². The van der Waals surface area contributed by atoms with E-state index in [0.29, 0.717) is 5.56 Å². The van der Waals surface area contributed by atoms with Crippen molar-refractivity contribution in [2.75, 3.05) is 0 Å². The van der Waals surface area contributed by atoms with Crippen LogP contribution >= 0.6 is 0 Å². The lowest BCUT2D eigenvalue weighted by Gasteiger charge is -2.11. The first-order valence-electron chi connectivity index (χ1n) is 5.83. The van der Waals surface area contributed by atoms with Gasteiger partial charge in [0.2, 0.25) is 5.88 Å². The lowest BCUT2D eigenvalue weighted by atomic mass is 10.1. The minimum absolute atomic E-state index is 0.0254. The Balaban J connectivity index is 2.34. The van der Waals surface area contributed by atoms with Gasteiger partial charge in [0.15, 0.2) is 0 Å². The molecule has 2 aromatic rings. The number of benzene rings is 1. The third kappa shape index (κ3) is 3.50. The van der Waals surface area contributed by atoms with Gasteiger partial charge in [0.1, 0.15) is 11.4 Å². The van der Waals surface area contributed by atoms with Gasteiger partial charge in [-0.05, 0) is 30.7 Å².